The van der Waals surface area contributed by atoms with E-state index in [1.165, 1.54) is 38.4 Å². The molecule has 1 aromatic rings. The van der Waals surface area contributed by atoms with Gasteiger partial charge >= 0.3 is 6.03 Å². The molecule has 7 heteroatoms. The van der Waals surface area contributed by atoms with E-state index in [1.807, 2.05) is 0 Å². The normalized spacial score (nSPS) is 16.2. The lowest BCUT2D eigenvalue weighted by Gasteiger charge is -2.25. The second-order valence-electron chi connectivity index (χ2n) is 7.36. The maximum absolute atomic E-state index is 12.3. The van der Waals surface area contributed by atoms with Crippen LogP contribution in [0.15, 0.2) is 29.2 Å². The largest absolute Gasteiger partial charge is 0.494 e. The number of carbonyl (C=O) groups excluding carboxylic acids is 1. The van der Waals surface area contributed by atoms with Crippen LogP contribution >= 0.6 is 0 Å². The van der Waals surface area contributed by atoms with Crippen LogP contribution in [0.2, 0.25) is 0 Å². The van der Waals surface area contributed by atoms with Crippen molar-refractivity contribution < 1.29 is 17.9 Å². The van der Waals surface area contributed by atoms with Crippen LogP contribution in [0.25, 0.3) is 0 Å². The molecule has 0 atom stereocenters. The van der Waals surface area contributed by atoms with E-state index in [-0.39, 0.29) is 10.9 Å². The predicted molar refractivity (Wildman–Crippen MR) is 107 cm³/mol. The van der Waals surface area contributed by atoms with Gasteiger partial charge in [-0.05, 0) is 43.5 Å². The summed E-state index contributed by atoms with van der Waals surface area (Å²) in [7, 11) is -1.38. The van der Waals surface area contributed by atoms with Gasteiger partial charge in [-0.2, -0.15) is 0 Å². The van der Waals surface area contributed by atoms with Crippen molar-refractivity contribution in [1.82, 2.24) is 10.2 Å². The molecular weight excluding hydrogens is 364 g/mol. The third-order valence-corrected chi connectivity index (χ3v) is 6.07. The van der Waals surface area contributed by atoms with Gasteiger partial charge in [0.2, 0.25) is 0 Å². The number of amides is 2. The Kier molecular flexibility index (Phi) is 8.41. The summed E-state index contributed by atoms with van der Waals surface area (Å²) >= 11 is 0. The summed E-state index contributed by atoms with van der Waals surface area (Å²) in [6.07, 6.45) is 10.3. The van der Waals surface area contributed by atoms with E-state index in [0.29, 0.717) is 31.4 Å². The number of nitrogens with zero attached hydrogens (tertiary/aromatic N) is 1. The Morgan fingerprint density at radius 3 is 2.30 bits per heavy atom. The van der Waals surface area contributed by atoms with Crippen LogP contribution in [-0.2, 0) is 9.84 Å². The van der Waals surface area contributed by atoms with Crippen molar-refractivity contribution in [2.75, 3.05) is 26.5 Å². The molecule has 0 saturated heterocycles. The first-order valence-corrected chi connectivity index (χ1v) is 11.7. The Labute approximate surface area is 163 Å². The molecule has 1 aliphatic rings. The average Bonchev–Trinajstić information content (AvgIpc) is 2.60. The van der Waals surface area contributed by atoms with E-state index in [1.54, 1.807) is 36.2 Å². The molecule has 0 bridgehead atoms. The first-order valence-electron chi connectivity index (χ1n) is 9.81. The van der Waals surface area contributed by atoms with E-state index < -0.39 is 9.84 Å². The summed E-state index contributed by atoms with van der Waals surface area (Å²) in [5.74, 6) is 0.629. The summed E-state index contributed by atoms with van der Waals surface area (Å²) in [5, 5.41) is 3.15. The lowest BCUT2D eigenvalue weighted by Crippen LogP contribution is -2.43. The highest BCUT2D eigenvalue weighted by molar-refractivity contribution is 7.90. The molecule has 0 spiro atoms. The highest BCUT2D eigenvalue weighted by atomic mass is 32.2. The summed E-state index contributed by atoms with van der Waals surface area (Å²) in [4.78, 5) is 14.3. The zero-order valence-electron chi connectivity index (χ0n) is 16.4. The van der Waals surface area contributed by atoms with E-state index in [2.05, 4.69) is 5.32 Å². The summed E-state index contributed by atoms with van der Waals surface area (Å²) in [5.41, 5.74) is 0. The van der Waals surface area contributed by atoms with Crippen molar-refractivity contribution in [3.8, 4) is 5.75 Å². The van der Waals surface area contributed by atoms with Gasteiger partial charge in [-0.25, -0.2) is 13.2 Å². The van der Waals surface area contributed by atoms with Gasteiger partial charge in [-0.1, -0.05) is 32.1 Å². The van der Waals surface area contributed by atoms with E-state index in [4.69, 9.17) is 4.74 Å². The monoisotopic (exact) mass is 396 g/mol. The Balaban J connectivity index is 1.67. The Hall–Kier alpha value is -1.76. The number of hydrogen-bond donors (Lipinski definition) is 1. The third kappa shape index (κ3) is 7.79. The number of hydrogen-bond acceptors (Lipinski definition) is 4. The molecule has 0 aromatic heterocycles. The summed E-state index contributed by atoms with van der Waals surface area (Å²) in [6.45, 7) is 1.08. The smallest absolute Gasteiger partial charge is 0.317 e. The zero-order valence-corrected chi connectivity index (χ0v) is 17.3. The topological polar surface area (TPSA) is 75.7 Å². The van der Waals surface area contributed by atoms with Crippen LogP contribution in [0.4, 0.5) is 4.79 Å². The molecule has 6 nitrogen and oxygen atoms in total. The van der Waals surface area contributed by atoms with Gasteiger partial charge in [0.25, 0.3) is 0 Å². The van der Waals surface area contributed by atoms with Gasteiger partial charge in [0.1, 0.15) is 5.75 Å². The first kappa shape index (κ1) is 21.5. The minimum atomic E-state index is -3.19. The van der Waals surface area contributed by atoms with Gasteiger partial charge in [0.05, 0.1) is 11.5 Å². The highest BCUT2D eigenvalue weighted by Gasteiger charge is 2.16. The van der Waals surface area contributed by atoms with E-state index in [0.717, 1.165) is 12.8 Å². The van der Waals surface area contributed by atoms with Crippen molar-refractivity contribution in [1.29, 1.82) is 0 Å². The molecule has 1 saturated carbocycles. The van der Waals surface area contributed by atoms with Crippen molar-refractivity contribution in [3.05, 3.63) is 24.3 Å². The molecular formula is C20H32N2O4S. The maximum atomic E-state index is 12.3. The number of nitrogens with one attached hydrogen (secondary N) is 1. The maximum Gasteiger partial charge on any atom is 0.317 e. The SMILES string of the molecule is CN(CCCOc1ccc(S(C)(=O)=O)cc1)C(=O)NC1CCCCCCC1. The average molecular weight is 397 g/mol. The van der Waals surface area contributed by atoms with Crippen LogP contribution in [0.1, 0.15) is 51.4 Å². The van der Waals surface area contributed by atoms with Crippen LogP contribution < -0.4 is 10.1 Å². The Morgan fingerprint density at radius 1 is 1.11 bits per heavy atom. The molecule has 1 fully saturated rings. The number of rotatable bonds is 7. The standard InChI is InChI=1S/C20H32N2O4S/c1-22(20(23)21-17-9-6-4-3-5-7-10-17)15-8-16-26-18-11-13-19(14-12-18)27(2,24)25/h11-14,17H,3-10,15-16H2,1-2H3,(H,21,23). The lowest BCUT2D eigenvalue weighted by molar-refractivity contribution is 0.197. The van der Waals surface area contributed by atoms with Crippen LogP contribution in [0, 0.1) is 0 Å². The Morgan fingerprint density at radius 2 is 1.70 bits per heavy atom. The number of urea groups is 1. The lowest BCUT2D eigenvalue weighted by atomic mass is 9.97. The van der Waals surface area contributed by atoms with Crippen LogP contribution in [-0.4, -0.2) is 51.8 Å². The van der Waals surface area contributed by atoms with Gasteiger partial charge in [-0.3, -0.25) is 0 Å². The fourth-order valence-corrected chi connectivity index (χ4v) is 3.89. The predicted octanol–water partition coefficient (Wildman–Crippen LogP) is 3.61. The van der Waals surface area contributed by atoms with E-state index >= 15 is 0 Å². The second-order valence-corrected chi connectivity index (χ2v) is 9.37. The van der Waals surface area contributed by atoms with Gasteiger partial charge in [0.15, 0.2) is 9.84 Å². The number of sulfone groups is 1. The molecule has 0 unspecified atom stereocenters. The summed E-state index contributed by atoms with van der Waals surface area (Å²) in [6, 6.07) is 6.67. The zero-order chi connectivity index (χ0) is 19.7. The fraction of sp³-hybridized carbons (Fsp3) is 0.650. The molecule has 0 heterocycles. The van der Waals surface area contributed by atoms with Gasteiger partial charge in [-0.15, -0.1) is 0 Å². The minimum Gasteiger partial charge on any atom is -0.494 e. The molecule has 2 rings (SSSR count). The first-order chi connectivity index (χ1) is 12.9. The van der Waals surface area contributed by atoms with Crippen molar-refractivity contribution in [3.63, 3.8) is 0 Å². The minimum absolute atomic E-state index is 0.0157. The number of benzene rings is 1. The quantitative estimate of drug-likeness (QED) is 0.714. The van der Waals surface area contributed by atoms with Crippen LogP contribution in [0.5, 0.6) is 5.75 Å². The molecule has 0 radical (unpaired) electrons. The highest BCUT2D eigenvalue weighted by Crippen LogP contribution is 2.18. The summed E-state index contributed by atoms with van der Waals surface area (Å²) < 4.78 is 28.5. The molecule has 1 N–H and O–H groups in total. The fourth-order valence-electron chi connectivity index (χ4n) is 3.26. The molecule has 27 heavy (non-hydrogen) atoms. The van der Waals surface area contributed by atoms with Crippen molar-refractivity contribution >= 4 is 15.9 Å². The van der Waals surface area contributed by atoms with Gasteiger partial charge < -0.3 is 15.0 Å². The van der Waals surface area contributed by atoms with Crippen molar-refractivity contribution in [2.24, 2.45) is 0 Å². The molecule has 1 aliphatic carbocycles. The van der Waals surface area contributed by atoms with Gasteiger partial charge in [0, 0.05) is 25.9 Å². The molecule has 152 valence electrons. The van der Waals surface area contributed by atoms with Crippen molar-refractivity contribution in [2.45, 2.75) is 62.3 Å². The molecule has 0 aliphatic heterocycles. The second kappa shape index (κ2) is 10.5. The molecule has 2 amide bonds. The number of carbonyl (C=O) groups is 1. The number of ether oxygens (including phenoxy) is 1. The van der Waals surface area contributed by atoms with Crippen LogP contribution in [0.3, 0.4) is 0 Å². The Bertz CT molecular complexity index is 680. The third-order valence-electron chi connectivity index (χ3n) is 4.94. The van der Waals surface area contributed by atoms with E-state index in [9.17, 15) is 13.2 Å². The molecule has 1 aromatic carbocycles.